The Kier molecular flexibility index (Phi) is 3.37. The van der Waals surface area contributed by atoms with E-state index in [1.54, 1.807) is 0 Å². The van der Waals surface area contributed by atoms with Crippen molar-refractivity contribution >= 4 is 22.4 Å². The third-order valence-corrected chi connectivity index (χ3v) is 4.25. The lowest BCUT2D eigenvalue weighted by molar-refractivity contribution is 0.748. The van der Waals surface area contributed by atoms with Crippen molar-refractivity contribution in [3.8, 4) is 0 Å². The highest BCUT2D eigenvalue weighted by molar-refractivity contribution is 5.79. The molecule has 0 amide bonds. The molecule has 4 rings (SSSR count). The normalized spacial score (nSPS) is 12.6. The maximum Gasteiger partial charge on any atom is 0.178 e. The average molecular weight is 318 g/mol. The fraction of sp³-hybridized carbons (Fsp3) is 0.222. The Balaban J connectivity index is 1.81. The second-order valence-corrected chi connectivity index (χ2v) is 6.09. The van der Waals surface area contributed by atoms with Gasteiger partial charge in [0, 0.05) is 31.6 Å². The first-order valence-electron chi connectivity index (χ1n) is 7.88. The molecule has 0 aliphatic rings. The summed E-state index contributed by atoms with van der Waals surface area (Å²) in [6.07, 6.45) is 1.81. The van der Waals surface area contributed by atoms with Crippen molar-refractivity contribution in [3.63, 3.8) is 0 Å². The smallest absolute Gasteiger partial charge is 0.178 e. The molecule has 3 aromatic heterocycles. The molecule has 0 saturated carbocycles. The fourth-order valence-electron chi connectivity index (χ4n) is 2.82. The first kappa shape index (κ1) is 14.6. The van der Waals surface area contributed by atoms with Gasteiger partial charge in [0.2, 0.25) is 0 Å². The summed E-state index contributed by atoms with van der Waals surface area (Å²) in [6, 6.07) is 14.2. The monoisotopic (exact) mass is 318 g/mol. The van der Waals surface area contributed by atoms with E-state index in [-0.39, 0.29) is 5.92 Å². The van der Waals surface area contributed by atoms with Gasteiger partial charge in [0.15, 0.2) is 11.5 Å². The summed E-state index contributed by atoms with van der Waals surface area (Å²) >= 11 is 0. The SMILES string of the molecule is CC(c1ccc2ncccc2c1)c1nnc2ccc(N(C)C)nn12. The quantitative estimate of drug-likeness (QED) is 0.581. The highest BCUT2D eigenvalue weighted by Crippen LogP contribution is 2.26. The van der Waals surface area contributed by atoms with Gasteiger partial charge in [-0.25, -0.2) is 0 Å². The minimum atomic E-state index is 0.0783. The minimum absolute atomic E-state index is 0.0783. The molecule has 0 N–H and O–H groups in total. The van der Waals surface area contributed by atoms with Gasteiger partial charge >= 0.3 is 0 Å². The molecule has 0 aliphatic carbocycles. The van der Waals surface area contributed by atoms with Crippen LogP contribution >= 0.6 is 0 Å². The van der Waals surface area contributed by atoms with Crippen molar-refractivity contribution in [2.45, 2.75) is 12.8 Å². The van der Waals surface area contributed by atoms with Crippen molar-refractivity contribution in [3.05, 3.63) is 60.0 Å². The van der Waals surface area contributed by atoms with Crippen LogP contribution in [-0.2, 0) is 0 Å². The first-order valence-corrected chi connectivity index (χ1v) is 7.88. The number of hydrogen-bond acceptors (Lipinski definition) is 5. The van der Waals surface area contributed by atoms with E-state index >= 15 is 0 Å². The molecule has 3 heterocycles. The maximum atomic E-state index is 4.65. The number of rotatable bonds is 3. The van der Waals surface area contributed by atoms with Crippen LogP contribution in [0.3, 0.4) is 0 Å². The Bertz CT molecular complexity index is 1020. The molecule has 1 unspecified atom stereocenters. The molecule has 4 aromatic rings. The summed E-state index contributed by atoms with van der Waals surface area (Å²) in [5.74, 6) is 1.78. The lowest BCUT2D eigenvalue weighted by atomic mass is 9.98. The summed E-state index contributed by atoms with van der Waals surface area (Å²) in [7, 11) is 3.94. The van der Waals surface area contributed by atoms with Gasteiger partial charge in [-0.3, -0.25) is 4.98 Å². The predicted molar refractivity (Wildman–Crippen MR) is 94.4 cm³/mol. The Morgan fingerprint density at radius 2 is 1.92 bits per heavy atom. The van der Waals surface area contributed by atoms with Crippen molar-refractivity contribution in [1.82, 2.24) is 24.8 Å². The molecular weight excluding hydrogens is 300 g/mol. The predicted octanol–water partition coefficient (Wildman–Crippen LogP) is 2.89. The number of fused-ring (bicyclic) bond motifs is 2. The van der Waals surface area contributed by atoms with E-state index in [0.717, 1.165) is 28.2 Å². The lowest BCUT2D eigenvalue weighted by Crippen LogP contribution is -2.13. The molecule has 24 heavy (non-hydrogen) atoms. The third kappa shape index (κ3) is 2.36. The Labute approximate surface area is 139 Å². The number of pyridine rings is 1. The summed E-state index contributed by atoms with van der Waals surface area (Å²) in [6.45, 7) is 2.12. The largest absolute Gasteiger partial charge is 0.361 e. The Morgan fingerprint density at radius 1 is 1.04 bits per heavy atom. The van der Waals surface area contributed by atoms with Crippen molar-refractivity contribution in [1.29, 1.82) is 0 Å². The standard InChI is InChI=1S/C18H18N6/c1-12(13-6-7-15-14(11-13)5-4-10-19-15)18-21-20-16-8-9-17(23(2)3)22-24(16)18/h4-12H,1-3H3. The molecule has 6 heteroatoms. The van der Waals surface area contributed by atoms with Crippen LogP contribution in [0, 0.1) is 0 Å². The van der Waals surface area contributed by atoms with E-state index in [0.29, 0.717) is 0 Å². The van der Waals surface area contributed by atoms with E-state index in [4.69, 9.17) is 0 Å². The highest BCUT2D eigenvalue weighted by atomic mass is 15.4. The van der Waals surface area contributed by atoms with E-state index in [9.17, 15) is 0 Å². The second-order valence-electron chi connectivity index (χ2n) is 6.09. The maximum absolute atomic E-state index is 4.65. The molecule has 1 atom stereocenters. The van der Waals surface area contributed by atoms with Crippen LogP contribution < -0.4 is 4.90 Å². The highest BCUT2D eigenvalue weighted by Gasteiger charge is 2.17. The summed E-state index contributed by atoms with van der Waals surface area (Å²) in [4.78, 5) is 6.34. The number of nitrogens with zero attached hydrogens (tertiary/aromatic N) is 6. The van der Waals surface area contributed by atoms with Crippen LogP contribution in [0.4, 0.5) is 5.82 Å². The van der Waals surface area contributed by atoms with Crippen LogP contribution in [0.15, 0.2) is 48.7 Å². The minimum Gasteiger partial charge on any atom is -0.361 e. The average Bonchev–Trinajstić information content (AvgIpc) is 3.03. The third-order valence-electron chi connectivity index (χ3n) is 4.25. The van der Waals surface area contributed by atoms with Gasteiger partial charge in [-0.15, -0.1) is 15.3 Å². The summed E-state index contributed by atoms with van der Waals surface area (Å²) < 4.78 is 1.83. The number of aromatic nitrogens is 5. The molecular formula is C18H18N6. The molecule has 0 saturated heterocycles. The van der Waals surface area contributed by atoms with Crippen molar-refractivity contribution in [2.75, 3.05) is 19.0 Å². The van der Waals surface area contributed by atoms with Crippen molar-refractivity contribution < 1.29 is 0 Å². The molecule has 120 valence electrons. The number of anilines is 1. The van der Waals surface area contributed by atoms with Gasteiger partial charge in [0.05, 0.1) is 5.52 Å². The lowest BCUT2D eigenvalue weighted by Gasteiger charge is -2.13. The van der Waals surface area contributed by atoms with Gasteiger partial charge in [0.1, 0.15) is 5.82 Å². The van der Waals surface area contributed by atoms with Gasteiger partial charge < -0.3 is 4.90 Å². The zero-order valence-electron chi connectivity index (χ0n) is 13.9. The molecule has 1 aromatic carbocycles. The van der Waals surface area contributed by atoms with Gasteiger partial charge in [0.25, 0.3) is 0 Å². The summed E-state index contributed by atoms with van der Waals surface area (Å²) in [5, 5.41) is 14.4. The van der Waals surface area contributed by atoms with Gasteiger partial charge in [-0.05, 0) is 35.9 Å². The molecule has 0 radical (unpaired) electrons. The van der Waals surface area contributed by atoms with Crippen LogP contribution in [-0.4, -0.2) is 38.9 Å². The van der Waals surface area contributed by atoms with Gasteiger partial charge in [-0.1, -0.05) is 19.1 Å². The molecule has 0 fully saturated rings. The first-order chi connectivity index (χ1) is 11.6. The molecule has 0 spiro atoms. The van der Waals surface area contributed by atoms with Crippen LogP contribution in [0.25, 0.3) is 16.6 Å². The molecule has 0 aliphatic heterocycles. The van der Waals surface area contributed by atoms with Crippen LogP contribution in [0.2, 0.25) is 0 Å². The Morgan fingerprint density at radius 3 is 2.75 bits per heavy atom. The van der Waals surface area contributed by atoms with Crippen LogP contribution in [0.1, 0.15) is 24.2 Å². The van der Waals surface area contributed by atoms with E-state index in [2.05, 4.69) is 45.4 Å². The summed E-state index contributed by atoms with van der Waals surface area (Å²) in [5.41, 5.74) is 2.92. The zero-order chi connectivity index (χ0) is 16.7. The van der Waals surface area contributed by atoms with E-state index in [1.807, 2.05) is 54.0 Å². The topological polar surface area (TPSA) is 59.2 Å². The molecule has 6 nitrogen and oxygen atoms in total. The van der Waals surface area contributed by atoms with E-state index in [1.165, 1.54) is 5.56 Å². The number of benzene rings is 1. The zero-order valence-corrected chi connectivity index (χ0v) is 13.9. The van der Waals surface area contributed by atoms with Crippen molar-refractivity contribution in [2.24, 2.45) is 0 Å². The van der Waals surface area contributed by atoms with E-state index < -0.39 is 0 Å². The van der Waals surface area contributed by atoms with Gasteiger partial charge in [-0.2, -0.15) is 4.52 Å². The molecule has 0 bridgehead atoms. The second kappa shape index (κ2) is 5.56. The van der Waals surface area contributed by atoms with Crippen LogP contribution in [0.5, 0.6) is 0 Å². The Hall–Kier alpha value is -3.02. The number of hydrogen-bond donors (Lipinski definition) is 0. The fourth-order valence-corrected chi connectivity index (χ4v) is 2.82.